The molecule has 1 atom stereocenters. The van der Waals surface area contributed by atoms with Crippen LogP contribution in [0, 0.1) is 5.82 Å². The van der Waals surface area contributed by atoms with E-state index in [2.05, 4.69) is 5.32 Å². The van der Waals surface area contributed by atoms with E-state index in [9.17, 15) is 19.5 Å². The van der Waals surface area contributed by atoms with E-state index >= 15 is 4.39 Å². The number of carbonyl (C=O) groups excluding carboxylic acids is 2. The molecule has 2 aromatic carbocycles. The highest BCUT2D eigenvalue weighted by Crippen LogP contribution is 2.34. The smallest absolute Gasteiger partial charge is 0.254 e. The lowest BCUT2D eigenvalue weighted by molar-refractivity contribution is 0.0863. The molecule has 1 fully saturated rings. The number of nitrogens with zero attached hydrogens (tertiary/aromatic N) is 1. The highest BCUT2D eigenvalue weighted by Gasteiger charge is 2.25. The number of hydrogen-bond donors (Lipinski definition) is 2. The highest BCUT2D eigenvalue weighted by atomic mass is 35.5. The van der Waals surface area contributed by atoms with Gasteiger partial charge < -0.3 is 15.0 Å². The number of benzene rings is 2. The summed E-state index contributed by atoms with van der Waals surface area (Å²) >= 11 is 6.45. The van der Waals surface area contributed by atoms with Crippen molar-refractivity contribution in [2.75, 3.05) is 0 Å². The van der Waals surface area contributed by atoms with Gasteiger partial charge in [0.2, 0.25) is 5.56 Å². The van der Waals surface area contributed by atoms with Crippen molar-refractivity contribution in [1.29, 1.82) is 0 Å². The largest absolute Gasteiger partial charge is 0.393 e. The van der Waals surface area contributed by atoms with Crippen molar-refractivity contribution in [2.45, 2.75) is 50.2 Å². The molecule has 1 unspecified atom stereocenters. The van der Waals surface area contributed by atoms with Gasteiger partial charge in [-0.25, -0.2) is 4.39 Å². The lowest BCUT2D eigenvalue weighted by Crippen LogP contribution is -2.38. The Hall–Kier alpha value is -3.29. The van der Waals surface area contributed by atoms with Gasteiger partial charge in [0.15, 0.2) is 5.78 Å². The van der Waals surface area contributed by atoms with Crippen LogP contribution in [-0.2, 0) is 7.05 Å². The molecule has 8 heteroatoms. The summed E-state index contributed by atoms with van der Waals surface area (Å²) in [4.78, 5) is 37.6. The molecule has 0 aliphatic heterocycles. The molecule has 36 heavy (non-hydrogen) atoms. The van der Waals surface area contributed by atoms with E-state index in [0.29, 0.717) is 47.4 Å². The minimum atomic E-state index is -0.688. The first kappa shape index (κ1) is 25.8. The summed E-state index contributed by atoms with van der Waals surface area (Å²) in [5.74, 6) is -1.98. The van der Waals surface area contributed by atoms with Gasteiger partial charge in [0.25, 0.3) is 5.91 Å². The summed E-state index contributed by atoms with van der Waals surface area (Å²) in [7, 11) is 1.57. The number of carbonyl (C=O) groups is 2. The molecule has 1 aromatic heterocycles. The third-order valence-electron chi connectivity index (χ3n) is 6.75. The number of hydrogen-bond acceptors (Lipinski definition) is 4. The molecule has 1 aliphatic rings. The number of nitrogens with one attached hydrogen (secondary N) is 1. The van der Waals surface area contributed by atoms with E-state index < -0.39 is 17.6 Å². The topological polar surface area (TPSA) is 88.4 Å². The second-order valence-electron chi connectivity index (χ2n) is 9.29. The van der Waals surface area contributed by atoms with Crippen LogP contribution in [-0.4, -0.2) is 33.5 Å². The molecule has 1 amide bonds. The monoisotopic (exact) mass is 510 g/mol. The van der Waals surface area contributed by atoms with Crippen LogP contribution in [0.3, 0.4) is 0 Å². The average molecular weight is 511 g/mol. The van der Waals surface area contributed by atoms with Crippen molar-refractivity contribution >= 4 is 23.3 Å². The average Bonchev–Trinajstić information content (AvgIpc) is 2.86. The molecular formula is C28H28ClFN2O4. The van der Waals surface area contributed by atoms with Crippen LogP contribution in [0.2, 0.25) is 5.02 Å². The van der Waals surface area contributed by atoms with Gasteiger partial charge in [0.05, 0.1) is 11.7 Å². The first-order chi connectivity index (χ1) is 17.2. The predicted octanol–water partition coefficient (Wildman–Crippen LogP) is 4.62. The molecule has 6 nitrogen and oxygen atoms in total. The summed E-state index contributed by atoms with van der Waals surface area (Å²) < 4.78 is 16.5. The Bertz CT molecular complexity index is 1330. The van der Waals surface area contributed by atoms with Crippen LogP contribution in [0.15, 0.2) is 65.6 Å². The van der Waals surface area contributed by atoms with Gasteiger partial charge in [-0.1, -0.05) is 35.9 Å². The van der Waals surface area contributed by atoms with Gasteiger partial charge in [0, 0.05) is 48.3 Å². The third-order valence-corrected chi connectivity index (χ3v) is 7.09. The Morgan fingerprint density at radius 2 is 1.83 bits per heavy atom. The van der Waals surface area contributed by atoms with Crippen LogP contribution < -0.4 is 10.9 Å². The molecule has 188 valence electrons. The number of halogens is 2. The van der Waals surface area contributed by atoms with Crippen molar-refractivity contribution in [2.24, 2.45) is 7.05 Å². The number of aryl methyl sites for hydroxylation is 1. The van der Waals surface area contributed by atoms with Crippen molar-refractivity contribution in [3.63, 3.8) is 0 Å². The first-order valence-corrected chi connectivity index (χ1v) is 12.3. The third kappa shape index (κ3) is 5.91. The minimum Gasteiger partial charge on any atom is -0.393 e. The predicted molar refractivity (Wildman–Crippen MR) is 136 cm³/mol. The number of aromatic nitrogens is 1. The van der Waals surface area contributed by atoms with Crippen LogP contribution in [0.4, 0.5) is 4.39 Å². The Morgan fingerprint density at radius 3 is 2.50 bits per heavy atom. The molecule has 0 bridgehead atoms. The summed E-state index contributed by atoms with van der Waals surface area (Å²) in [5, 5.41) is 13.0. The lowest BCUT2D eigenvalue weighted by Gasteiger charge is -2.26. The van der Waals surface area contributed by atoms with E-state index in [1.807, 2.05) is 0 Å². The van der Waals surface area contributed by atoms with E-state index in [0.717, 1.165) is 0 Å². The number of Topliss-reactive ketones (excluding diaryl/α,β-unsaturated/α-hetero) is 1. The summed E-state index contributed by atoms with van der Waals surface area (Å²) in [6, 6.07) is 14.1. The molecular weight excluding hydrogens is 483 g/mol. The van der Waals surface area contributed by atoms with Gasteiger partial charge in [-0.15, -0.1) is 0 Å². The molecule has 2 N–H and O–H groups in total. The molecule has 4 rings (SSSR count). The highest BCUT2D eigenvalue weighted by molar-refractivity contribution is 6.31. The molecule has 1 aliphatic carbocycles. The van der Waals surface area contributed by atoms with Gasteiger partial charge in [0.1, 0.15) is 5.82 Å². The molecule has 0 radical (unpaired) electrons. The summed E-state index contributed by atoms with van der Waals surface area (Å²) in [6.45, 7) is 0. The van der Waals surface area contributed by atoms with Crippen molar-refractivity contribution in [3.05, 3.63) is 104 Å². The number of ketones is 1. The van der Waals surface area contributed by atoms with E-state index in [-0.39, 0.29) is 35.5 Å². The minimum absolute atomic E-state index is 0.00266. The molecule has 0 spiro atoms. The number of aliphatic hydroxyl groups is 1. The quantitative estimate of drug-likeness (QED) is 0.454. The van der Waals surface area contributed by atoms with Crippen LogP contribution in [0.25, 0.3) is 0 Å². The fourth-order valence-electron chi connectivity index (χ4n) is 4.64. The Morgan fingerprint density at radius 1 is 1.11 bits per heavy atom. The molecule has 1 saturated carbocycles. The number of aliphatic hydroxyl groups excluding tert-OH is 1. The van der Waals surface area contributed by atoms with Crippen LogP contribution >= 0.6 is 11.6 Å². The second kappa shape index (κ2) is 11.2. The van der Waals surface area contributed by atoms with Crippen LogP contribution in [0.1, 0.15) is 69.9 Å². The van der Waals surface area contributed by atoms with E-state index in [4.69, 9.17) is 11.6 Å². The zero-order valence-corrected chi connectivity index (χ0v) is 20.7. The van der Waals surface area contributed by atoms with Gasteiger partial charge >= 0.3 is 0 Å². The second-order valence-corrected chi connectivity index (χ2v) is 9.69. The van der Waals surface area contributed by atoms with Crippen molar-refractivity contribution in [3.8, 4) is 0 Å². The van der Waals surface area contributed by atoms with E-state index in [1.165, 1.54) is 35.0 Å². The number of amides is 1. The van der Waals surface area contributed by atoms with Crippen molar-refractivity contribution in [1.82, 2.24) is 9.88 Å². The van der Waals surface area contributed by atoms with Gasteiger partial charge in [-0.2, -0.15) is 0 Å². The lowest BCUT2D eigenvalue weighted by atomic mass is 9.85. The number of rotatable bonds is 7. The maximum Gasteiger partial charge on any atom is 0.254 e. The first-order valence-electron chi connectivity index (χ1n) is 12.0. The van der Waals surface area contributed by atoms with Crippen LogP contribution in [0.5, 0.6) is 0 Å². The standard InChI is InChI=1S/C28H28ClFN2O4/c1-32-16-18(7-13-27(32)35)26(34)15-23(21-4-2-3-5-24(21)29)17-6-12-22(25(30)14-17)28(36)31-19-8-10-20(33)11-9-19/h2-7,12-14,16,19-20,23,33H,8-11,15H2,1H3,(H,31,36)/t19-,20-,23?. The van der Waals surface area contributed by atoms with Gasteiger partial charge in [-0.3, -0.25) is 14.4 Å². The Balaban J connectivity index is 1.61. The van der Waals surface area contributed by atoms with E-state index in [1.54, 1.807) is 37.4 Å². The Kier molecular flexibility index (Phi) is 8.01. The zero-order valence-electron chi connectivity index (χ0n) is 19.9. The molecule has 3 aromatic rings. The normalized spacial score (nSPS) is 18.4. The molecule has 0 saturated heterocycles. The van der Waals surface area contributed by atoms with Gasteiger partial charge in [-0.05, 0) is 61.1 Å². The number of pyridine rings is 1. The Labute approximate surface area is 213 Å². The van der Waals surface area contributed by atoms with Crippen molar-refractivity contribution < 1.29 is 19.1 Å². The summed E-state index contributed by atoms with van der Waals surface area (Å²) in [6.07, 6.45) is 3.64. The maximum absolute atomic E-state index is 15.2. The molecule has 1 heterocycles. The fourth-order valence-corrected chi connectivity index (χ4v) is 4.91. The maximum atomic E-state index is 15.2. The zero-order chi connectivity index (χ0) is 25.8. The summed E-state index contributed by atoms with van der Waals surface area (Å²) in [5.41, 5.74) is 1.23. The fraction of sp³-hybridized carbons (Fsp3) is 0.321. The SMILES string of the molecule is Cn1cc(C(=O)CC(c2ccc(C(=O)N[C@H]3CC[C@H](O)CC3)c(F)c2)c2ccccc2Cl)ccc1=O.